The smallest absolute Gasteiger partial charge is 0.269 e. The average molecular weight is 502 g/mol. The zero-order chi connectivity index (χ0) is 23.4. The molecule has 2 amide bonds. The fraction of sp³-hybridized carbons (Fsp3) is 0.292. The first-order chi connectivity index (χ1) is 16.0. The number of halogens is 1. The van der Waals surface area contributed by atoms with Gasteiger partial charge in [0, 0.05) is 23.2 Å². The maximum Gasteiger partial charge on any atom is 0.269 e. The standard InChI is InChI=1S/C24H24ClN3O3S2/c1-31-15-10-11-17-19(14-15)33-21(20(17)25)22(29)27-24(32)26-18-9-5-4-8-16(18)23(30)28-12-6-2-3-7-13-28/h4-5,8-11,14H,2-3,6-7,12-13H2,1H3,(H2,26,27,29,32). The van der Waals surface area contributed by atoms with Gasteiger partial charge in [0.25, 0.3) is 11.8 Å². The number of nitrogens with one attached hydrogen (secondary N) is 2. The number of benzene rings is 2. The molecule has 0 unspecified atom stereocenters. The Balaban J connectivity index is 1.48. The van der Waals surface area contributed by atoms with Crippen molar-refractivity contribution in [1.29, 1.82) is 0 Å². The number of thiophene rings is 1. The molecule has 0 radical (unpaired) electrons. The third kappa shape index (κ3) is 5.29. The summed E-state index contributed by atoms with van der Waals surface area (Å²) in [6.07, 6.45) is 4.31. The Labute approximate surface area is 206 Å². The number of amides is 2. The van der Waals surface area contributed by atoms with Gasteiger partial charge in [0.1, 0.15) is 10.6 Å². The molecule has 3 aromatic rings. The highest BCUT2D eigenvalue weighted by Gasteiger charge is 2.22. The second kappa shape index (κ2) is 10.5. The van der Waals surface area contributed by atoms with E-state index >= 15 is 0 Å². The quantitative estimate of drug-likeness (QED) is 0.448. The highest BCUT2D eigenvalue weighted by molar-refractivity contribution is 7.80. The van der Waals surface area contributed by atoms with E-state index < -0.39 is 5.91 Å². The van der Waals surface area contributed by atoms with Gasteiger partial charge >= 0.3 is 0 Å². The molecule has 6 nitrogen and oxygen atoms in total. The molecular formula is C24H24ClN3O3S2. The molecule has 1 fully saturated rings. The molecule has 2 N–H and O–H groups in total. The molecule has 0 atom stereocenters. The third-order valence-corrected chi connectivity index (χ3v) is 7.43. The molecule has 172 valence electrons. The summed E-state index contributed by atoms with van der Waals surface area (Å²) in [6.45, 7) is 1.51. The fourth-order valence-corrected chi connectivity index (χ4v) is 5.50. The van der Waals surface area contributed by atoms with Crippen molar-refractivity contribution >= 4 is 67.9 Å². The molecule has 1 aliphatic rings. The summed E-state index contributed by atoms with van der Waals surface area (Å²) >= 11 is 13.1. The summed E-state index contributed by atoms with van der Waals surface area (Å²) in [6, 6.07) is 12.7. The van der Waals surface area contributed by atoms with Crippen molar-refractivity contribution in [3.63, 3.8) is 0 Å². The minimum Gasteiger partial charge on any atom is -0.497 e. The molecular weight excluding hydrogens is 478 g/mol. The van der Waals surface area contributed by atoms with Crippen molar-refractivity contribution in [3.05, 3.63) is 57.9 Å². The van der Waals surface area contributed by atoms with Crippen LogP contribution in [0, 0.1) is 0 Å². The van der Waals surface area contributed by atoms with Crippen LogP contribution < -0.4 is 15.4 Å². The van der Waals surface area contributed by atoms with Crippen molar-refractivity contribution < 1.29 is 14.3 Å². The number of thiocarbonyl (C=S) groups is 1. The maximum absolute atomic E-state index is 13.1. The van der Waals surface area contributed by atoms with E-state index in [0.717, 1.165) is 48.9 Å². The number of anilines is 1. The highest BCUT2D eigenvalue weighted by atomic mass is 35.5. The lowest BCUT2D eigenvalue weighted by Crippen LogP contribution is -2.36. The minimum atomic E-state index is -0.408. The van der Waals surface area contributed by atoms with Gasteiger partial charge < -0.3 is 15.0 Å². The number of para-hydroxylation sites is 1. The van der Waals surface area contributed by atoms with Gasteiger partial charge in [-0.2, -0.15) is 0 Å². The number of carbonyl (C=O) groups is 2. The second-order valence-corrected chi connectivity index (χ2v) is 9.61. The second-order valence-electron chi connectivity index (χ2n) is 7.77. The molecule has 9 heteroatoms. The summed E-state index contributed by atoms with van der Waals surface area (Å²) in [4.78, 5) is 28.2. The van der Waals surface area contributed by atoms with Crippen LogP contribution in [0.5, 0.6) is 5.75 Å². The first-order valence-electron chi connectivity index (χ1n) is 10.7. The summed E-state index contributed by atoms with van der Waals surface area (Å²) in [5, 5.41) is 6.94. The van der Waals surface area contributed by atoms with Crippen molar-refractivity contribution in [2.75, 3.05) is 25.5 Å². The number of carbonyl (C=O) groups excluding carboxylic acids is 2. The molecule has 0 spiro atoms. The molecule has 0 bridgehead atoms. The zero-order valence-electron chi connectivity index (χ0n) is 18.2. The van der Waals surface area contributed by atoms with Gasteiger partial charge in [-0.25, -0.2) is 0 Å². The van der Waals surface area contributed by atoms with Crippen LogP contribution in [-0.2, 0) is 0 Å². The first-order valence-corrected chi connectivity index (χ1v) is 12.3. The number of hydrogen-bond donors (Lipinski definition) is 2. The van der Waals surface area contributed by atoms with Crippen molar-refractivity contribution in [2.24, 2.45) is 0 Å². The number of likely N-dealkylation sites (tertiary alicyclic amines) is 1. The predicted molar refractivity (Wildman–Crippen MR) is 138 cm³/mol. The molecule has 0 saturated carbocycles. The molecule has 1 aliphatic heterocycles. The Hall–Kier alpha value is -2.68. The Morgan fingerprint density at radius 2 is 1.82 bits per heavy atom. The monoisotopic (exact) mass is 501 g/mol. The SMILES string of the molecule is COc1ccc2c(Cl)c(C(=O)NC(=S)Nc3ccccc3C(=O)N3CCCCCC3)sc2c1. The van der Waals surface area contributed by atoms with E-state index in [1.54, 1.807) is 25.3 Å². The van der Waals surface area contributed by atoms with Crippen molar-refractivity contribution in [2.45, 2.75) is 25.7 Å². The predicted octanol–water partition coefficient (Wildman–Crippen LogP) is 5.71. The van der Waals surface area contributed by atoms with E-state index in [2.05, 4.69) is 10.6 Å². The van der Waals surface area contributed by atoms with E-state index in [9.17, 15) is 9.59 Å². The molecule has 2 aromatic carbocycles. The molecule has 2 heterocycles. The topological polar surface area (TPSA) is 70.7 Å². The zero-order valence-corrected chi connectivity index (χ0v) is 20.5. The Bertz CT molecular complexity index is 1200. The minimum absolute atomic E-state index is 0.0318. The van der Waals surface area contributed by atoms with Gasteiger partial charge in [-0.3, -0.25) is 14.9 Å². The molecule has 33 heavy (non-hydrogen) atoms. The average Bonchev–Trinajstić information content (AvgIpc) is 2.98. The molecule has 1 saturated heterocycles. The summed E-state index contributed by atoms with van der Waals surface area (Å²) in [5.74, 6) is 0.250. The van der Waals surface area contributed by atoms with Gasteiger partial charge in [0.15, 0.2) is 5.11 Å². The van der Waals surface area contributed by atoms with Crippen LogP contribution >= 0.6 is 35.2 Å². The Morgan fingerprint density at radius 3 is 2.55 bits per heavy atom. The van der Waals surface area contributed by atoms with Gasteiger partial charge in [-0.1, -0.05) is 36.6 Å². The van der Waals surface area contributed by atoms with Gasteiger partial charge in [-0.05, 0) is 55.4 Å². The van der Waals surface area contributed by atoms with Gasteiger partial charge in [0.2, 0.25) is 0 Å². The summed E-state index contributed by atoms with van der Waals surface area (Å²) in [7, 11) is 1.59. The number of ether oxygens (including phenoxy) is 1. The van der Waals surface area contributed by atoms with Crippen LogP contribution in [0.1, 0.15) is 45.7 Å². The lowest BCUT2D eigenvalue weighted by molar-refractivity contribution is 0.0762. The van der Waals surface area contributed by atoms with Crippen LogP contribution in [0.25, 0.3) is 10.1 Å². The lowest BCUT2D eigenvalue weighted by Gasteiger charge is -2.22. The van der Waals surface area contributed by atoms with Crippen LogP contribution in [-0.4, -0.2) is 42.0 Å². The highest BCUT2D eigenvalue weighted by Crippen LogP contribution is 2.37. The van der Waals surface area contributed by atoms with E-state index in [4.69, 9.17) is 28.6 Å². The lowest BCUT2D eigenvalue weighted by atomic mass is 10.1. The van der Waals surface area contributed by atoms with E-state index in [0.29, 0.717) is 26.9 Å². The Kier molecular flexibility index (Phi) is 7.47. The number of hydrogen-bond acceptors (Lipinski definition) is 5. The first kappa shape index (κ1) is 23.5. The Morgan fingerprint density at radius 1 is 1.09 bits per heavy atom. The molecule has 1 aromatic heterocycles. The van der Waals surface area contributed by atoms with Crippen molar-refractivity contribution in [3.8, 4) is 5.75 Å². The van der Waals surface area contributed by atoms with E-state index in [1.165, 1.54) is 11.3 Å². The van der Waals surface area contributed by atoms with E-state index in [1.807, 2.05) is 29.2 Å². The normalized spacial score (nSPS) is 13.9. The van der Waals surface area contributed by atoms with Crippen LogP contribution in [0.3, 0.4) is 0 Å². The van der Waals surface area contributed by atoms with Crippen molar-refractivity contribution in [1.82, 2.24) is 10.2 Å². The molecule has 0 aliphatic carbocycles. The van der Waals surface area contributed by atoms with Crippen LogP contribution in [0.15, 0.2) is 42.5 Å². The third-order valence-electron chi connectivity index (χ3n) is 5.57. The molecule has 4 rings (SSSR count). The van der Waals surface area contributed by atoms with Crippen LogP contribution in [0.4, 0.5) is 5.69 Å². The number of fused-ring (bicyclic) bond motifs is 1. The summed E-state index contributed by atoms with van der Waals surface area (Å²) < 4.78 is 6.09. The number of methoxy groups -OCH3 is 1. The number of nitrogens with zero attached hydrogens (tertiary/aromatic N) is 1. The maximum atomic E-state index is 13.1. The fourth-order valence-electron chi connectivity index (χ4n) is 3.85. The van der Waals surface area contributed by atoms with Gasteiger partial charge in [0.05, 0.1) is 23.4 Å². The van der Waals surface area contributed by atoms with Gasteiger partial charge in [-0.15, -0.1) is 11.3 Å². The summed E-state index contributed by atoms with van der Waals surface area (Å²) in [5.41, 5.74) is 1.09. The largest absolute Gasteiger partial charge is 0.497 e. The van der Waals surface area contributed by atoms with Crippen LogP contribution in [0.2, 0.25) is 5.02 Å². The van der Waals surface area contributed by atoms with E-state index in [-0.39, 0.29) is 11.0 Å². The number of rotatable bonds is 4.